The maximum Gasteiger partial charge on any atom is 0.317 e. The first-order valence-corrected chi connectivity index (χ1v) is 7.37. The Morgan fingerprint density at radius 1 is 1.33 bits per heavy atom. The van der Waals surface area contributed by atoms with Crippen LogP contribution >= 0.6 is 0 Å². The van der Waals surface area contributed by atoms with E-state index >= 15 is 0 Å². The zero-order valence-corrected chi connectivity index (χ0v) is 12.3. The van der Waals surface area contributed by atoms with Gasteiger partial charge < -0.3 is 15.3 Å². The van der Waals surface area contributed by atoms with Crippen LogP contribution in [0.4, 0.5) is 4.79 Å². The van der Waals surface area contributed by atoms with E-state index in [2.05, 4.69) is 24.4 Å². The predicted molar refractivity (Wildman–Crippen MR) is 80.2 cm³/mol. The number of rotatable bonds is 4. The van der Waals surface area contributed by atoms with Crippen molar-refractivity contribution in [2.24, 2.45) is 5.92 Å². The summed E-state index contributed by atoms with van der Waals surface area (Å²) in [5, 5.41) is 11.2. The van der Waals surface area contributed by atoms with Crippen molar-refractivity contribution in [2.75, 3.05) is 19.6 Å². The first-order valence-electron chi connectivity index (χ1n) is 7.37. The molecular formula is C16H22N2O3. The van der Waals surface area contributed by atoms with E-state index in [0.717, 1.165) is 6.42 Å². The van der Waals surface area contributed by atoms with Gasteiger partial charge in [-0.1, -0.05) is 37.3 Å². The number of likely N-dealkylation sites (tertiary alicyclic amines) is 1. The fraction of sp³-hybridized carbons (Fsp3) is 0.500. The molecule has 2 unspecified atom stereocenters. The van der Waals surface area contributed by atoms with Gasteiger partial charge in [0, 0.05) is 19.6 Å². The predicted octanol–water partition coefficient (Wildman–Crippen LogP) is 2.30. The van der Waals surface area contributed by atoms with Crippen molar-refractivity contribution in [3.8, 4) is 0 Å². The van der Waals surface area contributed by atoms with Gasteiger partial charge >= 0.3 is 12.0 Å². The topological polar surface area (TPSA) is 69.6 Å². The number of carbonyl (C=O) groups is 2. The number of hydrogen-bond acceptors (Lipinski definition) is 2. The first kappa shape index (κ1) is 15.4. The fourth-order valence-corrected chi connectivity index (χ4v) is 2.91. The van der Waals surface area contributed by atoms with E-state index in [9.17, 15) is 9.59 Å². The molecule has 0 aliphatic carbocycles. The summed E-state index contributed by atoms with van der Waals surface area (Å²) in [5.74, 6) is -0.0212. The van der Waals surface area contributed by atoms with Crippen molar-refractivity contribution in [3.05, 3.63) is 35.9 Å². The normalized spacial score (nSPS) is 21.9. The van der Waals surface area contributed by atoms with Gasteiger partial charge in [0.25, 0.3) is 0 Å². The Bertz CT molecular complexity index is 490. The zero-order chi connectivity index (χ0) is 15.2. The third kappa shape index (κ3) is 4.21. The highest BCUT2D eigenvalue weighted by atomic mass is 16.4. The molecule has 5 heteroatoms. The van der Waals surface area contributed by atoms with Gasteiger partial charge in [-0.05, 0) is 23.8 Å². The van der Waals surface area contributed by atoms with Gasteiger partial charge in [0.2, 0.25) is 0 Å². The molecule has 2 amide bonds. The Hall–Kier alpha value is -2.04. The molecule has 1 fully saturated rings. The molecule has 0 bridgehead atoms. The number of nitrogens with zero attached hydrogens (tertiary/aromatic N) is 1. The van der Waals surface area contributed by atoms with Crippen LogP contribution in [-0.2, 0) is 4.79 Å². The number of aliphatic carboxylic acids is 1. The summed E-state index contributed by atoms with van der Waals surface area (Å²) < 4.78 is 0. The molecule has 0 radical (unpaired) electrons. The summed E-state index contributed by atoms with van der Waals surface area (Å²) in [6, 6.07) is 10.2. The lowest BCUT2D eigenvalue weighted by Crippen LogP contribution is -2.47. The summed E-state index contributed by atoms with van der Waals surface area (Å²) in [7, 11) is 0. The van der Waals surface area contributed by atoms with Gasteiger partial charge in [-0.2, -0.15) is 0 Å². The summed E-state index contributed by atoms with van der Waals surface area (Å²) >= 11 is 0. The highest BCUT2D eigenvalue weighted by molar-refractivity contribution is 5.75. The molecule has 2 rings (SSSR count). The van der Waals surface area contributed by atoms with Crippen molar-refractivity contribution in [2.45, 2.75) is 25.7 Å². The van der Waals surface area contributed by atoms with Crippen LogP contribution < -0.4 is 5.32 Å². The van der Waals surface area contributed by atoms with Gasteiger partial charge in [-0.15, -0.1) is 0 Å². The standard InChI is InChI=1S/C16H22N2O3/c1-12-11-18(16(21)17-9-7-15(19)20)10-8-14(12)13-5-3-2-4-6-13/h2-6,12,14H,7-11H2,1H3,(H,17,21)(H,19,20). The molecule has 1 aliphatic rings. The van der Waals surface area contributed by atoms with Crippen LogP contribution in [-0.4, -0.2) is 41.6 Å². The van der Waals surface area contributed by atoms with Crippen molar-refractivity contribution >= 4 is 12.0 Å². The Kier molecular flexibility index (Phi) is 5.20. The van der Waals surface area contributed by atoms with E-state index in [1.807, 2.05) is 18.2 Å². The molecule has 0 aromatic heterocycles. The number of hydrogen-bond donors (Lipinski definition) is 2. The third-order valence-corrected chi connectivity index (χ3v) is 4.04. The third-order valence-electron chi connectivity index (χ3n) is 4.04. The largest absolute Gasteiger partial charge is 0.481 e. The molecule has 5 nitrogen and oxygen atoms in total. The van der Waals surface area contributed by atoms with Crippen molar-refractivity contribution in [3.63, 3.8) is 0 Å². The second-order valence-corrected chi connectivity index (χ2v) is 5.60. The van der Waals surface area contributed by atoms with Crippen LogP contribution in [0.2, 0.25) is 0 Å². The Morgan fingerprint density at radius 3 is 2.67 bits per heavy atom. The van der Waals surface area contributed by atoms with Crippen LogP contribution in [0.1, 0.15) is 31.2 Å². The molecule has 0 spiro atoms. The fourth-order valence-electron chi connectivity index (χ4n) is 2.91. The highest BCUT2D eigenvalue weighted by Crippen LogP contribution is 2.32. The number of urea groups is 1. The number of nitrogens with one attached hydrogen (secondary N) is 1. The van der Waals surface area contributed by atoms with Gasteiger partial charge in [0.05, 0.1) is 6.42 Å². The van der Waals surface area contributed by atoms with Crippen molar-refractivity contribution < 1.29 is 14.7 Å². The molecule has 1 heterocycles. The van der Waals surface area contributed by atoms with Gasteiger partial charge in [0.1, 0.15) is 0 Å². The second-order valence-electron chi connectivity index (χ2n) is 5.60. The van der Waals surface area contributed by atoms with Gasteiger partial charge in [-0.25, -0.2) is 4.79 Å². The molecule has 1 aromatic carbocycles. The Morgan fingerprint density at radius 2 is 2.05 bits per heavy atom. The lowest BCUT2D eigenvalue weighted by molar-refractivity contribution is -0.136. The van der Waals surface area contributed by atoms with Crippen LogP contribution in [0.25, 0.3) is 0 Å². The molecule has 1 saturated heterocycles. The average molecular weight is 290 g/mol. The smallest absolute Gasteiger partial charge is 0.317 e. The molecule has 21 heavy (non-hydrogen) atoms. The number of carboxylic acids is 1. The number of piperidine rings is 1. The lowest BCUT2D eigenvalue weighted by Gasteiger charge is -2.37. The van der Waals surface area contributed by atoms with Crippen molar-refractivity contribution in [1.82, 2.24) is 10.2 Å². The lowest BCUT2D eigenvalue weighted by atomic mass is 9.82. The maximum atomic E-state index is 12.0. The van der Waals surface area contributed by atoms with Gasteiger partial charge in [0.15, 0.2) is 0 Å². The molecule has 114 valence electrons. The van der Waals surface area contributed by atoms with Crippen molar-refractivity contribution in [1.29, 1.82) is 0 Å². The van der Waals surface area contributed by atoms with Crippen LogP contribution in [0.3, 0.4) is 0 Å². The summed E-state index contributed by atoms with van der Waals surface area (Å²) in [6.07, 6.45) is 0.902. The molecular weight excluding hydrogens is 268 g/mol. The van der Waals surface area contributed by atoms with Crippen LogP contribution in [0.5, 0.6) is 0 Å². The molecule has 0 saturated carbocycles. The SMILES string of the molecule is CC1CN(C(=O)NCCC(=O)O)CCC1c1ccccc1. The molecule has 2 N–H and O–H groups in total. The number of benzene rings is 1. The number of carbonyl (C=O) groups excluding carboxylic acids is 1. The average Bonchev–Trinajstić information content (AvgIpc) is 2.47. The quantitative estimate of drug-likeness (QED) is 0.894. The first-order chi connectivity index (χ1) is 10.1. The minimum atomic E-state index is -0.897. The molecule has 2 atom stereocenters. The van der Waals surface area contributed by atoms with E-state index in [0.29, 0.717) is 24.9 Å². The minimum absolute atomic E-state index is 0.0399. The minimum Gasteiger partial charge on any atom is -0.481 e. The Balaban J connectivity index is 1.86. The van der Waals surface area contributed by atoms with Crippen LogP contribution in [0.15, 0.2) is 30.3 Å². The maximum absolute atomic E-state index is 12.0. The Labute approximate surface area is 125 Å². The second kappa shape index (κ2) is 7.11. The highest BCUT2D eigenvalue weighted by Gasteiger charge is 2.29. The molecule has 1 aliphatic heterocycles. The van der Waals surface area contributed by atoms with E-state index in [1.165, 1.54) is 5.56 Å². The number of amides is 2. The van der Waals surface area contributed by atoms with E-state index in [-0.39, 0.29) is 19.0 Å². The van der Waals surface area contributed by atoms with E-state index in [1.54, 1.807) is 4.90 Å². The van der Waals surface area contributed by atoms with E-state index < -0.39 is 5.97 Å². The number of carboxylic acid groups (broad SMARTS) is 1. The molecule has 1 aromatic rings. The summed E-state index contributed by atoms with van der Waals surface area (Å²) in [6.45, 7) is 3.76. The van der Waals surface area contributed by atoms with Crippen LogP contribution in [0, 0.1) is 5.92 Å². The summed E-state index contributed by atoms with van der Waals surface area (Å²) in [4.78, 5) is 24.2. The zero-order valence-electron chi connectivity index (χ0n) is 12.3. The van der Waals surface area contributed by atoms with Gasteiger partial charge in [-0.3, -0.25) is 4.79 Å². The summed E-state index contributed by atoms with van der Waals surface area (Å²) in [5.41, 5.74) is 1.33. The van der Waals surface area contributed by atoms with E-state index in [4.69, 9.17) is 5.11 Å². The monoisotopic (exact) mass is 290 g/mol.